The van der Waals surface area contributed by atoms with Crippen molar-refractivity contribution >= 4 is 41.5 Å². The Morgan fingerprint density at radius 2 is 2.00 bits per heavy atom. The van der Waals surface area contributed by atoms with Crippen LogP contribution in [0.4, 0.5) is 5.69 Å². The molecule has 2 saturated heterocycles. The molecule has 0 radical (unpaired) electrons. The lowest BCUT2D eigenvalue weighted by Gasteiger charge is -2.25. The minimum absolute atomic E-state index is 0. The zero-order valence-corrected chi connectivity index (χ0v) is 14.3. The van der Waals surface area contributed by atoms with E-state index in [-0.39, 0.29) is 30.3 Å². The first-order chi connectivity index (χ1) is 10.6. The highest BCUT2D eigenvalue weighted by molar-refractivity contribution is 6.31. The van der Waals surface area contributed by atoms with Gasteiger partial charge in [0.1, 0.15) is 5.92 Å². The molecule has 2 amide bonds. The zero-order valence-electron chi connectivity index (χ0n) is 12.8. The molecule has 0 saturated carbocycles. The van der Waals surface area contributed by atoms with Crippen LogP contribution in [-0.4, -0.2) is 37.5 Å². The molecule has 0 spiro atoms. The number of amides is 2. The zero-order chi connectivity index (χ0) is 15.5. The van der Waals surface area contributed by atoms with E-state index in [9.17, 15) is 9.59 Å². The van der Waals surface area contributed by atoms with Gasteiger partial charge in [-0.3, -0.25) is 9.59 Å². The summed E-state index contributed by atoms with van der Waals surface area (Å²) in [6.45, 7) is 2.39. The molecule has 0 bridgehead atoms. The van der Waals surface area contributed by atoms with Crippen molar-refractivity contribution in [3.8, 4) is 0 Å². The smallest absolute Gasteiger partial charge is 0.239 e. The fourth-order valence-electron chi connectivity index (χ4n) is 3.09. The van der Waals surface area contributed by atoms with Crippen molar-refractivity contribution in [2.75, 3.05) is 24.5 Å². The van der Waals surface area contributed by atoms with Crippen molar-refractivity contribution < 1.29 is 9.59 Å². The third kappa shape index (κ3) is 4.16. The summed E-state index contributed by atoms with van der Waals surface area (Å²) in [5.41, 5.74) is 0.759. The van der Waals surface area contributed by atoms with Crippen LogP contribution in [0, 0.1) is 5.92 Å². The maximum Gasteiger partial charge on any atom is 0.239 e. The number of halogens is 2. The van der Waals surface area contributed by atoms with Crippen LogP contribution in [0.1, 0.15) is 19.3 Å². The molecule has 2 aliphatic rings. The standard InChI is InChI=1S/C16H20ClN3O2.ClH/c17-11-2-1-3-13(10-11)20-9-6-14(16(20)22)15(21)19-12-4-7-18-8-5-12;/h1-3,10,12,14,18H,4-9H2,(H,19,21);1H. The van der Waals surface area contributed by atoms with Gasteiger partial charge in [-0.1, -0.05) is 17.7 Å². The maximum atomic E-state index is 12.5. The summed E-state index contributed by atoms with van der Waals surface area (Å²) in [5.74, 6) is -0.844. The van der Waals surface area contributed by atoms with Crippen LogP contribution in [0.2, 0.25) is 5.02 Å². The molecule has 1 unspecified atom stereocenters. The lowest BCUT2D eigenvalue weighted by Crippen LogP contribution is -2.46. The van der Waals surface area contributed by atoms with Crippen molar-refractivity contribution in [1.29, 1.82) is 0 Å². The van der Waals surface area contributed by atoms with E-state index < -0.39 is 5.92 Å². The highest BCUT2D eigenvalue weighted by Crippen LogP contribution is 2.27. The second-order valence-electron chi connectivity index (χ2n) is 5.84. The molecule has 0 aromatic heterocycles. The number of hydrogen-bond acceptors (Lipinski definition) is 3. The lowest BCUT2D eigenvalue weighted by molar-refractivity contribution is -0.132. The largest absolute Gasteiger partial charge is 0.353 e. The number of hydrogen-bond donors (Lipinski definition) is 2. The van der Waals surface area contributed by atoms with Crippen LogP contribution in [0.3, 0.4) is 0 Å². The van der Waals surface area contributed by atoms with Crippen molar-refractivity contribution in [3.63, 3.8) is 0 Å². The van der Waals surface area contributed by atoms with E-state index in [0.29, 0.717) is 18.0 Å². The van der Waals surface area contributed by atoms with E-state index in [4.69, 9.17) is 11.6 Å². The van der Waals surface area contributed by atoms with Crippen molar-refractivity contribution in [2.24, 2.45) is 5.92 Å². The number of anilines is 1. The Labute approximate surface area is 147 Å². The molecule has 2 fully saturated rings. The van der Waals surface area contributed by atoms with Gasteiger partial charge in [-0.2, -0.15) is 0 Å². The maximum absolute atomic E-state index is 12.5. The predicted octanol–water partition coefficient (Wildman–Crippen LogP) is 1.98. The first kappa shape index (κ1) is 18.0. The van der Waals surface area contributed by atoms with Gasteiger partial charge in [-0.05, 0) is 50.6 Å². The van der Waals surface area contributed by atoms with E-state index >= 15 is 0 Å². The molecule has 3 rings (SSSR count). The summed E-state index contributed by atoms with van der Waals surface area (Å²) in [5, 5.41) is 6.87. The molecule has 5 nitrogen and oxygen atoms in total. The Kier molecular flexibility index (Phi) is 6.27. The van der Waals surface area contributed by atoms with Gasteiger partial charge in [0.2, 0.25) is 11.8 Å². The van der Waals surface area contributed by atoms with Gasteiger partial charge in [-0.25, -0.2) is 0 Å². The number of nitrogens with zero attached hydrogens (tertiary/aromatic N) is 1. The first-order valence-electron chi connectivity index (χ1n) is 7.73. The normalized spacial score (nSPS) is 21.9. The molecule has 23 heavy (non-hydrogen) atoms. The number of rotatable bonds is 3. The predicted molar refractivity (Wildman–Crippen MR) is 93.2 cm³/mol. The number of nitrogens with one attached hydrogen (secondary N) is 2. The summed E-state index contributed by atoms with van der Waals surface area (Å²) in [4.78, 5) is 26.5. The number of carbonyl (C=O) groups is 2. The molecule has 1 aromatic rings. The fraction of sp³-hybridized carbons (Fsp3) is 0.500. The third-order valence-corrected chi connectivity index (χ3v) is 4.56. The van der Waals surface area contributed by atoms with E-state index in [1.54, 1.807) is 17.0 Å². The average molecular weight is 358 g/mol. The summed E-state index contributed by atoms with van der Waals surface area (Å²) in [7, 11) is 0. The molecule has 2 aliphatic heterocycles. The Morgan fingerprint density at radius 1 is 1.26 bits per heavy atom. The van der Waals surface area contributed by atoms with Gasteiger partial charge in [-0.15, -0.1) is 12.4 Å². The molecule has 126 valence electrons. The van der Waals surface area contributed by atoms with Gasteiger partial charge in [0.05, 0.1) is 0 Å². The highest BCUT2D eigenvalue weighted by Gasteiger charge is 2.38. The minimum Gasteiger partial charge on any atom is -0.353 e. The number of benzene rings is 1. The number of carbonyl (C=O) groups excluding carboxylic acids is 2. The molecule has 1 atom stereocenters. The van der Waals surface area contributed by atoms with E-state index in [0.717, 1.165) is 31.6 Å². The topological polar surface area (TPSA) is 61.4 Å². The van der Waals surface area contributed by atoms with Gasteiger partial charge < -0.3 is 15.5 Å². The lowest BCUT2D eigenvalue weighted by atomic mass is 10.0. The summed E-state index contributed by atoms with van der Waals surface area (Å²) in [6.07, 6.45) is 2.40. The second-order valence-corrected chi connectivity index (χ2v) is 6.28. The average Bonchev–Trinajstić information content (AvgIpc) is 2.90. The molecular formula is C16H21Cl2N3O2. The van der Waals surface area contributed by atoms with E-state index in [1.807, 2.05) is 12.1 Å². The van der Waals surface area contributed by atoms with Crippen LogP contribution >= 0.6 is 24.0 Å². The quantitative estimate of drug-likeness (QED) is 0.813. The third-order valence-electron chi connectivity index (χ3n) is 4.33. The van der Waals surface area contributed by atoms with E-state index in [1.165, 1.54) is 0 Å². The second kappa shape index (κ2) is 7.99. The highest BCUT2D eigenvalue weighted by atomic mass is 35.5. The van der Waals surface area contributed by atoms with Crippen LogP contribution in [0.25, 0.3) is 0 Å². The van der Waals surface area contributed by atoms with Gasteiger partial charge >= 0.3 is 0 Å². The fourth-order valence-corrected chi connectivity index (χ4v) is 3.28. The van der Waals surface area contributed by atoms with Crippen molar-refractivity contribution in [2.45, 2.75) is 25.3 Å². The van der Waals surface area contributed by atoms with Gasteiger partial charge in [0.15, 0.2) is 0 Å². The molecule has 0 aliphatic carbocycles. The van der Waals surface area contributed by atoms with Crippen molar-refractivity contribution in [1.82, 2.24) is 10.6 Å². The SMILES string of the molecule is Cl.O=C(NC1CCNCC1)C1CCN(c2cccc(Cl)c2)C1=O. The molecule has 2 heterocycles. The number of piperidine rings is 1. The first-order valence-corrected chi connectivity index (χ1v) is 8.11. The van der Waals surface area contributed by atoms with Crippen LogP contribution < -0.4 is 15.5 Å². The summed E-state index contributed by atoms with van der Waals surface area (Å²) >= 11 is 5.98. The van der Waals surface area contributed by atoms with Crippen LogP contribution in [0.15, 0.2) is 24.3 Å². The van der Waals surface area contributed by atoms with E-state index in [2.05, 4.69) is 10.6 Å². The Hall–Kier alpha value is -1.30. The summed E-state index contributed by atoms with van der Waals surface area (Å²) in [6, 6.07) is 7.37. The molecule has 2 N–H and O–H groups in total. The minimum atomic E-state index is -0.575. The Bertz CT molecular complexity index is 576. The Morgan fingerprint density at radius 3 is 2.70 bits per heavy atom. The van der Waals surface area contributed by atoms with Crippen molar-refractivity contribution in [3.05, 3.63) is 29.3 Å². The molecule has 7 heteroatoms. The van der Waals surface area contributed by atoms with Crippen LogP contribution in [-0.2, 0) is 9.59 Å². The van der Waals surface area contributed by atoms with Crippen LogP contribution in [0.5, 0.6) is 0 Å². The monoisotopic (exact) mass is 357 g/mol. The molecular weight excluding hydrogens is 337 g/mol. The van der Waals surface area contributed by atoms with Gasteiger partial charge in [0.25, 0.3) is 0 Å². The molecule has 1 aromatic carbocycles. The summed E-state index contributed by atoms with van der Waals surface area (Å²) < 4.78 is 0. The van der Waals surface area contributed by atoms with Gasteiger partial charge in [0, 0.05) is 23.3 Å². The Balaban J connectivity index is 0.00000192.